The van der Waals surface area contributed by atoms with Gasteiger partial charge in [-0.2, -0.15) is 4.31 Å². The van der Waals surface area contributed by atoms with Crippen molar-refractivity contribution in [3.63, 3.8) is 0 Å². The van der Waals surface area contributed by atoms with Gasteiger partial charge in [-0.3, -0.25) is 0 Å². The Hall–Kier alpha value is -1.44. The second-order valence-corrected chi connectivity index (χ2v) is 9.21. The number of hydrogen-bond donors (Lipinski definition) is 0. The summed E-state index contributed by atoms with van der Waals surface area (Å²) in [5.41, 5.74) is 0.387. The fourth-order valence-electron chi connectivity index (χ4n) is 3.64. The molecule has 0 amide bonds. The van der Waals surface area contributed by atoms with Crippen LogP contribution >= 0.6 is 0 Å². The third-order valence-electron chi connectivity index (χ3n) is 4.94. The SMILES string of the molecule is C[C@@H]1CN(S(=O)(=O)c2ccc(C(=O)OC3CCCCC3)cc2)C[C@@H](C)O1. The molecule has 0 bridgehead atoms. The Labute approximate surface area is 155 Å². The largest absolute Gasteiger partial charge is 0.459 e. The Bertz CT molecular complexity index is 715. The van der Waals surface area contributed by atoms with Gasteiger partial charge >= 0.3 is 5.97 Å². The molecule has 2 atom stereocenters. The molecule has 1 aromatic carbocycles. The molecule has 1 saturated heterocycles. The summed E-state index contributed by atoms with van der Waals surface area (Å²) < 4.78 is 38.2. The summed E-state index contributed by atoms with van der Waals surface area (Å²) >= 11 is 0. The molecule has 144 valence electrons. The van der Waals surface area contributed by atoms with Crippen molar-refractivity contribution < 1.29 is 22.7 Å². The molecule has 26 heavy (non-hydrogen) atoms. The molecule has 7 heteroatoms. The molecule has 1 saturated carbocycles. The van der Waals surface area contributed by atoms with E-state index in [4.69, 9.17) is 9.47 Å². The Kier molecular flexibility index (Phi) is 5.99. The lowest BCUT2D eigenvalue weighted by Gasteiger charge is -2.34. The van der Waals surface area contributed by atoms with Crippen molar-refractivity contribution >= 4 is 16.0 Å². The highest BCUT2D eigenvalue weighted by atomic mass is 32.2. The van der Waals surface area contributed by atoms with E-state index in [0.717, 1.165) is 25.7 Å². The zero-order valence-electron chi connectivity index (χ0n) is 15.4. The minimum Gasteiger partial charge on any atom is -0.459 e. The van der Waals surface area contributed by atoms with Gasteiger partial charge in [0.05, 0.1) is 22.7 Å². The van der Waals surface area contributed by atoms with Crippen LogP contribution in [0.1, 0.15) is 56.3 Å². The summed E-state index contributed by atoms with van der Waals surface area (Å²) in [4.78, 5) is 12.5. The molecule has 0 spiro atoms. The second-order valence-electron chi connectivity index (χ2n) is 7.27. The molecule has 2 aliphatic rings. The first-order chi connectivity index (χ1) is 12.4. The average Bonchev–Trinajstić information content (AvgIpc) is 2.62. The van der Waals surface area contributed by atoms with Crippen LogP contribution in [0.25, 0.3) is 0 Å². The zero-order chi connectivity index (χ0) is 18.7. The van der Waals surface area contributed by atoms with Crippen molar-refractivity contribution in [2.45, 2.75) is 69.2 Å². The molecule has 2 fully saturated rings. The van der Waals surface area contributed by atoms with Crippen molar-refractivity contribution in [3.05, 3.63) is 29.8 Å². The summed E-state index contributed by atoms with van der Waals surface area (Å²) in [5.74, 6) is -0.380. The highest BCUT2D eigenvalue weighted by molar-refractivity contribution is 7.89. The zero-order valence-corrected chi connectivity index (χ0v) is 16.2. The van der Waals surface area contributed by atoms with Crippen molar-refractivity contribution in [1.82, 2.24) is 4.31 Å². The van der Waals surface area contributed by atoms with Gasteiger partial charge in [0, 0.05) is 13.1 Å². The molecule has 0 radical (unpaired) electrons. The molecule has 1 aliphatic carbocycles. The lowest BCUT2D eigenvalue weighted by Crippen LogP contribution is -2.48. The van der Waals surface area contributed by atoms with Crippen LogP contribution in [0.15, 0.2) is 29.2 Å². The quantitative estimate of drug-likeness (QED) is 0.750. The van der Waals surface area contributed by atoms with Crippen LogP contribution in [0.5, 0.6) is 0 Å². The predicted octanol–water partition coefficient (Wildman–Crippen LogP) is 2.97. The number of rotatable bonds is 4. The van der Waals surface area contributed by atoms with E-state index in [-0.39, 0.29) is 29.2 Å². The number of carbonyl (C=O) groups excluding carboxylic acids is 1. The van der Waals surface area contributed by atoms with Crippen LogP contribution in [0.4, 0.5) is 0 Å². The first kappa shape index (κ1) is 19.3. The Balaban J connectivity index is 1.69. The Morgan fingerprint density at radius 3 is 2.19 bits per heavy atom. The summed E-state index contributed by atoms with van der Waals surface area (Å²) in [7, 11) is -3.60. The minimum atomic E-state index is -3.60. The molecule has 1 aliphatic heterocycles. The van der Waals surface area contributed by atoms with Gasteiger partial charge in [-0.1, -0.05) is 6.42 Å². The lowest BCUT2D eigenvalue weighted by atomic mass is 9.98. The maximum Gasteiger partial charge on any atom is 0.338 e. The van der Waals surface area contributed by atoms with Gasteiger partial charge in [0.1, 0.15) is 6.10 Å². The molecule has 1 heterocycles. The number of benzene rings is 1. The number of sulfonamides is 1. The number of carbonyl (C=O) groups is 1. The van der Waals surface area contributed by atoms with Gasteiger partial charge in [0.15, 0.2) is 0 Å². The maximum atomic E-state index is 12.8. The Morgan fingerprint density at radius 1 is 1.04 bits per heavy atom. The van der Waals surface area contributed by atoms with Gasteiger partial charge in [-0.25, -0.2) is 13.2 Å². The third kappa shape index (κ3) is 4.45. The van der Waals surface area contributed by atoms with Gasteiger partial charge in [-0.15, -0.1) is 0 Å². The third-order valence-corrected chi connectivity index (χ3v) is 6.79. The number of hydrogen-bond acceptors (Lipinski definition) is 5. The van der Waals surface area contributed by atoms with E-state index in [1.54, 1.807) is 0 Å². The highest BCUT2D eigenvalue weighted by Crippen LogP contribution is 2.23. The summed E-state index contributed by atoms with van der Waals surface area (Å²) in [5, 5.41) is 0. The molecule has 0 N–H and O–H groups in total. The summed E-state index contributed by atoms with van der Waals surface area (Å²) in [6, 6.07) is 6.03. The predicted molar refractivity (Wildman–Crippen MR) is 97.5 cm³/mol. The van der Waals surface area contributed by atoms with Crippen LogP contribution in [0.3, 0.4) is 0 Å². The molecular formula is C19H27NO5S. The van der Waals surface area contributed by atoms with Crippen LogP contribution in [0.2, 0.25) is 0 Å². The standard InChI is InChI=1S/C19H27NO5S/c1-14-12-20(13-15(2)24-14)26(22,23)18-10-8-16(9-11-18)19(21)25-17-6-4-3-5-7-17/h8-11,14-15,17H,3-7,12-13H2,1-2H3/t14-,15-/m1/s1. The molecule has 1 aromatic rings. The summed E-state index contributed by atoms with van der Waals surface area (Å²) in [6.45, 7) is 4.39. The van der Waals surface area contributed by atoms with Crippen LogP contribution in [-0.2, 0) is 19.5 Å². The van der Waals surface area contributed by atoms with E-state index in [9.17, 15) is 13.2 Å². The highest BCUT2D eigenvalue weighted by Gasteiger charge is 2.32. The fraction of sp³-hybridized carbons (Fsp3) is 0.632. The van der Waals surface area contributed by atoms with E-state index in [2.05, 4.69) is 0 Å². The second kappa shape index (κ2) is 8.06. The van der Waals surface area contributed by atoms with Crippen molar-refractivity contribution in [3.8, 4) is 0 Å². The van der Waals surface area contributed by atoms with E-state index >= 15 is 0 Å². The molecular weight excluding hydrogens is 354 g/mol. The van der Waals surface area contributed by atoms with Gasteiger partial charge in [0.2, 0.25) is 10.0 Å². The average molecular weight is 381 g/mol. The van der Waals surface area contributed by atoms with E-state index in [1.165, 1.54) is 35.0 Å². The van der Waals surface area contributed by atoms with Crippen molar-refractivity contribution in [2.75, 3.05) is 13.1 Å². The number of morpholine rings is 1. The molecule has 0 aromatic heterocycles. The molecule has 6 nitrogen and oxygen atoms in total. The lowest BCUT2D eigenvalue weighted by molar-refractivity contribution is -0.0440. The number of nitrogens with zero attached hydrogens (tertiary/aromatic N) is 1. The van der Waals surface area contributed by atoms with Gasteiger partial charge in [-0.05, 0) is 63.8 Å². The van der Waals surface area contributed by atoms with E-state index < -0.39 is 10.0 Å². The Morgan fingerprint density at radius 2 is 1.62 bits per heavy atom. The van der Waals surface area contributed by atoms with Gasteiger partial charge < -0.3 is 9.47 Å². The van der Waals surface area contributed by atoms with Crippen molar-refractivity contribution in [1.29, 1.82) is 0 Å². The van der Waals surface area contributed by atoms with Crippen LogP contribution < -0.4 is 0 Å². The maximum absolute atomic E-state index is 12.8. The van der Waals surface area contributed by atoms with E-state index in [1.807, 2.05) is 13.8 Å². The molecule has 3 rings (SSSR count). The first-order valence-electron chi connectivity index (χ1n) is 9.33. The number of ether oxygens (including phenoxy) is 2. The van der Waals surface area contributed by atoms with E-state index in [0.29, 0.717) is 18.7 Å². The minimum absolute atomic E-state index is 0.0176. The topological polar surface area (TPSA) is 72.9 Å². The first-order valence-corrected chi connectivity index (χ1v) is 10.8. The van der Waals surface area contributed by atoms with Gasteiger partial charge in [0.25, 0.3) is 0 Å². The summed E-state index contributed by atoms with van der Waals surface area (Å²) in [6.07, 6.45) is 4.89. The molecule has 0 unspecified atom stereocenters. The van der Waals surface area contributed by atoms with Crippen LogP contribution in [-0.4, -0.2) is 50.1 Å². The fourth-order valence-corrected chi connectivity index (χ4v) is 5.23. The monoisotopic (exact) mass is 381 g/mol. The smallest absolute Gasteiger partial charge is 0.338 e. The van der Waals surface area contributed by atoms with Crippen LogP contribution in [0, 0.1) is 0 Å². The van der Waals surface area contributed by atoms with Crippen molar-refractivity contribution in [2.24, 2.45) is 0 Å². The number of esters is 1. The normalized spacial score (nSPS) is 25.8.